The molecule has 0 amide bonds. The summed E-state index contributed by atoms with van der Waals surface area (Å²) in [5.41, 5.74) is 0.320. The van der Waals surface area contributed by atoms with Crippen molar-refractivity contribution in [1.82, 2.24) is 4.90 Å². The summed E-state index contributed by atoms with van der Waals surface area (Å²) >= 11 is 5.54. The molecule has 0 bridgehead atoms. The average molecular weight is 282 g/mol. The molecule has 0 radical (unpaired) electrons. The molecule has 0 unspecified atom stereocenters. The van der Waals surface area contributed by atoms with E-state index in [9.17, 15) is 13.2 Å². The third kappa shape index (κ3) is 4.38. The van der Waals surface area contributed by atoms with E-state index in [4.69, 9.17) is 16.3 Å². The molecule has 2 nitrogen and oxygen atoms in total. The molecule has 0 saturated heterocycles. The molecule has 1 rings (SSSR count). The highest BCUT2D eigenvalue weighted by molar-refractivity contribution is 6.18. The lowest BCUT2D eigenvalue weighted by atomic mass is 10.2. The van der Waals surface area contributed by atoms with E-state index < -0.39 is 18.8 Å². The molecule has 18 heavy (non-hydrogen) atoms. The molecule has 0 N–H and O–H groups in total. The quantitative estimate of drug-likeness (QED) is 0.712. The van der Waals surface area contributed by atoms with Crippen LogP contribution in [0.2, 0.25) is 0 Å². The lowest BCUT2D eigenvalue weighted by molar-refractivity contribution is 0.0872. The first-order valence-corrected chi connectivity index (χ1v) is 5.99. The van der Waals surface area contributed by atoms with Crippen LogP contribution in [0, 0.1) is 5.82 Å². The number of methoxy groups -OCH3 is 1. The largest absolute Gasteiger partial charge is 0.494 e. The van der Waals surface area contributed by atoms with Gasteiger partial charge in [-0.05, 0) is 6.07 Å². The minimum absolute atomic E-state index is 0.0834. The SMILES string of the molecule is COc1cccc(CN(CCCl)CC(F)F)c1F. The van der Waals surface area contributed by atoms with Crippen LogP contribution < -0.4 is 4.74 Å². The molecular formula is C12H15ClF3NO. The Morgan fingerprint density at radius 3 is 2.67 bits per heavy atom. The van der Waals surface area contributed by atoms with Crippen LogP contribution >= 0.6 is 11.6 Å². The van der Waals surface area contributed by atoms with Crippen molar-refractivity contribution in [1.29, 1.82) is 0 Å². The number of hydrogen-bond acceptors (Lipinski definition) is 2. The summed E-state index contributed by atoms with van der Waals surface area (Å²) < 4.78 is 43.4. The van der Waals surface area contributed by atoms with Crippen LogP contribution in [0.5, 0.6) is 5.75 Å². The van der Waals surface area contributed by atoms with E-state index in [1.165, 1.54) is 18.1 Å². The highest BCUT2D eigenvalue weighted by Gasteiger charge is 2.15. The Labute approximate surface area is 109 Å². The topological polar surface area (TPSA) is 12.5 Å². The number of alkyl halides is 3. The minimum Gasteiger partial charge on any atom is -0.494 e. The van der Waals surface area contributed by atoms with Crippen molar-refractivity contribution in [3.05, 3.63) is 29.6 Å². The summed E-state index contributed by atoms with van der Waals surface area (Å²) in [5, 5.41) is 0. The van der Waals surface area contributed by atoms with Crippen LogP contribution in [-0.2, 0) is 6.54 Å². The molecule has 6 heteroatoms. The fourth-order valence-corrected chi connectivity index (χ4v) is 1.87. The minimum atomic E-state index is -2.47. The Morgan fingerprint density at radius 1 is 1.39 bits per heavy atom. The number of rotatable bonds is 7. The fraction of sp³-hybridized carbons (Fsp3) is 0.500. The number of benzene rings is 1. The fourth-order valence-electron chi connectivity index (χ4n) is 1.63. The van der Waals surface area contributed by atoms with Gasteiger partial charge in [0.15, 0.2) is 11.6 Å². The standard InChI is InChI=1S/C12H15ClF3NO/c1-18-10-4-2-3-9(12(10)16)7-17(6-5-13)8-11(14)15/h2-4,11H,5-8H2,1H3. The molecule has 0 aliphatic rings. The highest BCUT2D eigenvalue weighted by atomic mass is 35.5. The van der Waals surface area contributed by atoms with Gasteiger partial charge in [0.05, 0.1) is 13.7 Å². The van der Waals surface area contributed by atoms with Crippen LogP contribution in [0.25, 0.3) is 0 Å². The van der Waals surface area contributed by atoms with Gasteiger partial charge in [-0.15, -0.1) is 11.6 Å². The second-order valence-electron chi connectivity index (χ2n) is 3.75. The average Bonchev–Trinajstić information content (AvgIpc) is 2.31. The Morgan fingerprint density at radius 2 is 2.11 bits per heavy atom. The van der Waals surface area contributed by atoms with Crippen molar-refractivity contribution in [3.8, 4) is 5.75 Å². The van der Waals surface area contributed by atoms with E-state index in [1.54, 1.807) is 12.1 Å². The molecule has 0 heterocycles. The van der Waals surface area contributed by atoms with E-state index in [0.717, 1.165) is 0 Å². The molecule has 1 aromatic carbocycles. The van der Waals surface area contributed by atoms with Gasteiger partial charge in [0.2, 0.25) is 0 Å². The molecule has 1 aromatic rings. The summed E-state index contributed by atoms with van der Waals surface area (Å²) in [6, 6.07) is 4.65. The van der Waals surface area contributed by atoms with Gasteiger partial charge in [-0.3, -0.25) is 4.90 Å². The zero-order valence-corrected chi connectivity index (χ0v) is 10.8. The monoisotopic (exact) mass is 281 g/mol. The lowest BCUT2D eigenvalue weighted by Gasteiger charge is -2.21. The maximum Gasteiger partial charge on any atom is 0.251 e. The van der Waals surface area contributed by atoms with E-state index in [-0.39, 0.29) is 24.7 Å². The van der Waals surface area contributed by atoms with Gasteiger partial charge in [0.25, 0.3) is 6.43 Å². The Balaban J connectivity index is 2.79. The van der Waals surface area contributed by atoms with Crippen molar-refractivity contribution < 1.29 is 17.9 Å². The Kier molecular flexibility index (Phi) is 6.29. The Bertz CT molecular complexity index is 376. The number of ether oxygens (including phenoxy) is 1. The maximum absolute atomic E-state index is 13.8. The maximum atomic E-state index is 13.8. The van der Waals surface area contributed by atoms with Crippen LogP contribution in [0.1, 0.15) is 5.56 Å². The summed E-state index contributed by atoms with van der Waals surface area (Å²) in [7, 11) is 1.36. The normalized spacial score (nSPS) is 11.3. The van der Waals surface area contributed by atoms with Gasteiger partial charge in [-0.25, -0.2) is 13.2 Å². The summed E-state index contributed by atoms with van der Waals surface area (Å²) in [4.78, 5) is 1.41. The lowest BCUT2D eigenvalue weighted by Crippen LogP contribution is -2.30. The van der Waals surface area contributed by atoms with Gasteiger partial charge in [0, 0.05) is 24.5 Å². The van der Waals surface area contributed by atoms with Gasteiger partial charge < -0.3 is 4.74 Å². The zero-order chi connectivity index (χ0) is 13.5. The molecule has 102 valence electrons. The van der Waals surface area contributed by atoms with E-state index in [1.807, 2.05) is 0 Å². The summed E-state index contributed by atoms with van der Waals surface area (Å²) in [6.45, 7) is -0.0635. The molecular weight excluding hydrogens is 267 g/mol. The first-order valence-electron chi connectivity index (χ1n) is 5.46. The van der Waals surface area contributed by atoms with Crippen molar-refractivity contribution in [2.75, 3.05) is 26.1 Å². The summed E-state index contributed by atoms with van der Waals surface area (Å²) in [6.07, 6.45) is -2.47. The van der Waals surface area contributed by atoms with Crippen LogP contribution in [-0.4, -0.2) is 37.4 Å². The van der Waals surface area contributed by atoms with Crippen molar-refractivity contribution in [2.45, 2.75) is 13.0 Å². The smallest absolute Gasteiger partial charge is 0.251 e. The van der Waals surface area contributed by atoms with Gasteiger partial charge >= 0.3 is 0 Å². The first kappa shape index (κ1) is 15.1. The summed E-state index contributed by atoms with van der Waals surface area (Å²) in [5.74, 6) is -0.192. The predicted molar refractivity (Wildman–Crippen MR) is 65.0 cm³/mol. The van der Waals surface area contributed by atoms with Gasteiger partial charge in [-0.1, -0.05) is 12.1 Å². The molecule has 0 aliphatic carbocycles. The van der Waals surface area contributed by atoms with Gasteiger partial charge in [0.1, 0.15) is 0 Å². The number of hydrogen-bond donors (Lipinski definition) is 0. The molecule has 0 fully saturated rings. The van der Waals surface area contributed by atoms with E-state index >= 15 is 0 Å². The van der Waals surface area contributed by atoms with E-state index in [0.29, 0.717) is 5.56 Å². The second-order valence-corrected chi connectivity index (χ2v) is 4.13. The van der Waals surface area contributed by atoms with Crippen molar-refractivity contribution in [3.63, 3.8) is 0 Å². The van der Waals surface area contributed by atoms with Crippen LogP contribution in [0.15, 0.2) is 18.2 Å². The van der Waals surface area contributed by atoms with E-state index in [2.05, 4.69) is 0 Å². The molecule has 0 spiro atoms. The van der Waals surface area contributed by atoms with Crippen LogP contribution in [0.4, 0.5) is 13.2 Å². The zero-order valence-electron chi connectivity index (χ0n) is 10.0. The second kappa shape index (κ2) is 7.48. The number of nitrogens with zero attached hydrogens (tertiary/aromatic N) is 1. The molecule has 0 aliphatic heterocycles. The highest BCUT2D eigenvalue weighted by Crippen LogP contribution is 2.21. The molecule has 0 aromatic heterocycles. The molecule has 0 atom stereocenters. The molecule has 0 saturated carbocycles. The number of halogens is 4. The van der Waals surface area contributed by atoms with Gasteiger partial charge in [-0.2, -0.15) is 0 Å². The first-order chi connectivity index (χ1) is 8.58. The predicted octanol–water partition coefficient (Wildman–Crippen LogP) is 3.14. The Hall–Kier alpha value is -0.940. The van der Waals surface area contributed by atoms with Crippen molar-refractivity contribution in [2.24, 2.45) is 0 Å². The van der Waals surface area contributed by atoms with Crippen molar-refractivity contribution >= 4 is 11.6 Å². The third-order valence-corrected chi connectivity index (χ3v) is 2.62. The van der Waals surface area contributed by atoms with Crippen LogP contribution in [0.3, 0.4) is 0 Å². The third-order valence-electron chi connectivity index (χ3n) is 2.45.